The molecule has 1 aromatic rings. The second-order valence-electron chi connectivity index (χ2n) is 4.02. The molecule has 0 aliphatic heterocycles. The summed E-state index contributed by atoms with van der Waals surface area (Å²) in [5.74, 6) is -1.46. The van der Waals surface area contributed by atoms with Crippen molar-refractivity contribution in [2.24, 2.45) is 0 Å². The lowest BCUT2D eigenvalue weighted by molar-refractivity contribution is -0.141. The summed E-state index contributed by atoms with van der Waals surface area (Å²) in [6.07, 6.45) is -4.56. The maximum atomic E-state index is 12.9. The second-order valence-corrected chi connectivity index (χ2v) is 4.02. The van der Waals surface area contributed by atoms with Crippen LogP contribution in [0.2, 0.25) is 0 Å². The zero-order chi connectivity index (χ0) is 14.6. The van der Waals surface area contributed by atoms with E-state index in [0.29, 0.717) is 4.90 Å². The summed E-state index contributed by atoms with van der Waals surface area (Å²) >= 11 is 0. The number of rotatable bonds is 4. The van der Waals surface area contributed by atoms with Crippen molar-refractivity contribution in [2.45, 2.75) is 13.1 Å². The molecule has 1 N–H and O–H groups in total. The largest absolute Gasteiger partial charge is 0.406 e. The Kier molecular flexibility index (Phi) is 4.88. The van der Waals surface area contributed by atoms with E-state index < -0.39 is 37.6 Å². The van der Waals surface area contributed by atoms with E-state index >= 15 is 0 Å². The Labute approximate surface area is 107 Å². The lowest BCUT2D eigenvalue weighted by Gasteiger charge is -2.23. The van der Waals surface area contributed by atoms with Gasteiger partial charge in [-0.2, -0.15) is 13.2 Å². The van der Waals surface area contributed by atoms with Gasteiger partial charge in [0.25, 0.3) is 5.91 Å². The van der Waals surface area contributed by atoms with Crippen LogP contribution >= 0.6 is 0 Å². The van der Waals surface area contributed by atoms with Gasteiger partial charge in [-0.3, -0.25) is 4.79 Å². The Bertz CT molecular complexity index is 460. The molecule has 7 heteroatoms. The summed E-state index contributed by atoms with van der Waals surface area (Å²) in [5.41, 5.74) is 0.231. The van der Waals surface area contributed by atoms with Crippen LogP contribution in [0.4, 0.5) is 17.6 Å². The smallest absolute Gasteiger partial charge is 0.395 e. The number of benzene rings is 1. The number of halogens is 4. The first-order chi connectivity index (χ1) is 8.74. The van der Waals surface area contributed by atoms with Crippen molar-refractivity contribution < 1.29 is 27.5 Å². The van der Waals surface area contributed by atoms with Crippen molar-refractivity contribution in [3.8, 4) is 0 Å². The maximum absolute atomic E-state index is 12.9. The maximum Gasteiger partial charge on any atom is 0.406 e. The molecular formula is C12H13F4NO2. The first kappa shape index (κ1) is 15.4. The zero-order valence-corrected chi connectivity index (χ0v) is 10.2. The van der Waals surface area contributed by atoms with Crippen molar-refractivity contribution in [1.82, 2.24) is 4.90 Å². The summed E-state index contributed by atoms with van der Waals surface area (Å²) in [7, 11) is 0. The standard InChI is InChI=1S/C12H13F4NO2/c1-8-6-9(13)2-3-10(8)11(19)17(4-5-18)7-12(14,15)16/h2-3,6,18H,4-5,7H2,1H3. The highest BCUT2D eigenvalue weighted by atomic mass is 19.4. The zero-order valence-electron chi connectivity index (χ0n) is 10.2. The molecule has 0 radical (unpaired) electrons. The van der Waals surface area contributed by atoms with Crippen LogP contribution < -0.4 is 0 Å². The summed E-state index contributed by atoms with van der Waals surface area (Å²) in [6, 6.07) is 3.21. The molecule has 19 heavy (non-hydrogen) atoms. The van der Waals surface area contributed by atoms with Gasteiger partial charge in [0, 0.05) is 12.1 Å². The quantitative estimate of drug-likeness (QED) is 0.858. The van der Waals surface area contributed by atoms with Gasteiger partial charge >= 0.3 is 6.18 Å². The molecule has 0 spiro atoms. The number of aryl methyl sites for hydroxylation is 1. The summed E-state index contributed by atoms with van der Waals surface area (Å²) in [4.78, 5) is 12.4. The monoisotopic (exact) mass is 279 g/mol. The molecule has 0 bridgehead atoms. The Balaban J connectivity index is 2.99. The second kappa shape index (κ2) is 6.01. The predicted octanol–water partition coefficient (Wildman–Crippen LogP) is 2.13. The molecule has 1 rings (SSSR count). The van der Waals surface area contributed by atoms with E-state index in [1.165, 1.54) is 6.92 Å². The number of hydrogen-bond acceptors (Lipinski definition) is 2. The first-order valence-corrected chi connectivity index (χ1v) is 5.47. The first-order valence-electron chi connectivity index (χ1n) is 5.47. The molecule has 0 saturated heterocycles. The number of carbonyl (C=O) groups excluding carboxylic acids is 1. The molecule has 0 aliphatic rings. The summed E-state index contributed by atoms with van der Waals surface area (Å²) in [5, 5.41) is 8.72. The minimum Gasteiger partial charge on any atom is -0.395 e. The van der Waals surface area contributed by atoms with Crippen LogP contribution in [0.5, 0.6) is 0 Å². The average Bonchev–Trinajstić information content (AvgIpc) is 2.26. The normalized spacial score (nSPS) is 11.5. The van der Waals surface area contributed by atoms with Crippen molar-refractivity contribution in [2.75, 3.05) is 19.7 Å². The van der Waals surface area contributed by atoms with Crippen LogP contribution in [0.15, 0.2) is 18.2 Å². The number of carbonyl (C=O) groups is 1. The molecule has 1 amide bonds. The van der Waals surface area contributed by atoms with Gasteiger partial charge in [0.1, 0.15) is 12.4 Å². The van der Waals surface area contributed by atoms with Crippen molar-refractivity contribution in [3.05, 3.63) is 35.1 Å². The fourth-order valence-corrected chi connectivity index (χ4v) is 1.63. The number of hydrogen-bond donors (Lipinski definition) is 1. The number of aliphatic hydroxyl groups is 1. The number of aliphatic hydroxyl groups excluding tert-OH is 1. The number of nitrogens with zero attached hydrogens (tertiary/aromatic N) is 1. The van der Waals surface area contributed by atoms with Crippen LogP contribution in [-0.2, 0) is 0 Å². The van der Waals surface area contributed by atoms with Gasteiger partial charge in [-0.1, -0.05) is 0 Å². The van der Waals surface area contributed by atoms with E-state index in [-0.39, 0.29) is 11.1 Å². The molecule has 1 aromatic carbocycles. The molecule has 0 unspecified atom stereocenters. The Morgan fingerprint density at radius 3 is 2.47 bits per heavy atom. The minimum absolute atomic E-state index is 0.0147. The molecule has 0 atom stereocenters. The summed E-state index contributed by atoms with van der Waals surface area (Å²) < 4.78 is 49.9. The van der Waals surface area contributed by atoms with E-state index in [1.54, 1.807) is 0 Å². The van der Waals surface area contributed by atoms with Crippen LogP contribution in [0.1, 0.15) is 15.9 Å². The molecule has 0 aliphatic carbocycles. The van der Waals surface area contributed by atoms with Crippen LogP contribution in [-0.4, -0.2) is 41.8 Å². The third kappa shape index (κ3) is 4.51. The topological polar surface area (TPSA) is 40.5 Å². The molecule has 0 aromatic heterocycles. The lowest BCUT2D eigenvalue weighted by atomic mass is 10.1. The van der Waals surface area contributed by atoms with Gasteiger partial charge in [0.05, 0.1) is 6.61 Å². The Morgan fingerprint density at radius 2 is 2.00 bits per heavy atom. The summed E-state index contributed by atoms with van der Waals surface area (Å²) in [6.45, 7) is -1.04. The third-order valence-electron chi connectivity index (χ3n) is 2.45. The van der Waals surface area contributed by atoms with Crippen molar-refractivity contribution in [1.29, 1.82) is 0 Å². The van der Waals surface area contributed by atoms with Crippen LogP contribution in [0.3, 0.4) is 0 Å². The third-order valence-corrected chi connectivity index (χ3v) is 2.45. The van der Waals surface area contributed by atoms with E-state index in [0.717, 1.165) is 18.2 Å². The number of alkyl halides is 3. The molecular weight excluding hydrogens is 266 g/mol. The van der Waals surface area contributed by atoms with Gasteiger partial charge in [0.15, 0.2) is 0 Å². The molecule has 106 valence electrons. The highest BCUT2D eigenvalue weighted by Crippen LogP contribution is 2.19. The van der Waals surface area contributed by atoms with E-state index in [2.05, 4.69) is 0 Å². The van der Waals surface area contributed by atoms with E-state index in [4.69, 9.17) is 5.11 Å². The van der Waals surface area contributed by atoms with Gasteiger partial charge in [0.2, 0.25) is 0 Å². The van der Waals surface area contributed by atoms with Gasteiger partial charge in [-0.15, -0.1) is 0 Å². The molecule has 3 nitrogen and oxygen atoms in total. The van der Waals surface area contributed by atoms with Crippen LogP contribution in [0.25, 0.3) is 0 Å². The van der Waals surface area contributed by atoms with Gasteiger partial charge in [-0.25, -0.2) is 4.39 Å². The predicted molar refractivity (Wildman–Crippen MR) is 60.2 cm³/mol. The average molecular weight is 279 g/mol. The lowest BCUT2D eigenvalue weighted by Crippen LogP contribution is -2.40. The minimum atomic E-state index is -4.56. The van der Waals surface area contributed by atoms with Gasteiger partial charge in [-0.05, 0) is 30.7 Å². The van der Waals surface area contributed by atoms with E-state index in [9.17, 15) is 22.4 Å². The fourth-order valence-electron chi connectivity index (χ4n) is 1.63. The van der Waals surface area contributed by atoms with Crippen molar-refractivity contribution >= 4 is 5.91 Å². The van der Waals surface area contributed by atoms with Gasteiger partial charge < -0.3 is 10.0 Å². The molecule has 0 heterocycles. The van der Waals surface area contributed by atoms with Crippen molar-refractivity contribution in [3.63, 3.8) is 0 Å². The molecule has 0 saturated carbocycles. The Hall–Kier alpha value is -1.63. The highest BCUT2D eigenvalue weighted by molar-refractivity contribution is 5.95. The molecule has 0 fully saturated rings. The van der Waals surface area contributed by atoms with Crippen LogP contribution in [0, 0.1) is 12.7 Å². The van der Waals surface area contributed by atoms with E-state index in [1.807, 2.05) is 0 Å². The SMILES string of the molecule is Cc1cc(F)ccc1C(=O)N(CCO)CC(F)(F)F. The number of amides is 1. The Morgan fingerprint density at radius 1 is 1.37 bits per heavy atom. The fraction of sp³-hybridized carbons (Fsp3) is 0.417. The highest BCUT2D eigenvalue weighted by Gasteiger charge is 2.33.